The Labute approximate surface area is 251 Å². The number of nitrogen functional groups attached to an aromatic ring is 2. The molecule has 8 nitrogen and oxygen atoms in total. The zero-order valence-corrected chi connectivity index (χ0v) is 23.9. The molecule has 240 valence electrons. The second-order valence-electron chi connectivity index (χ2n) is 10.7. The van der Waals surface area contributed by atoms with Gasteiger partial charge >= 0.3 is 30.0 Å². The lowest BCUT2D eigenvalue weighted by Gasteiger charge is -2.28. The van der Waals surface area contributed by atoms with Gasteiger partial charge in [-0.1, -0.05) is 18.6 Å². The summed E-state index contributed by atoms with van der Waals surface area (Å²) >= 11 is 0. The molecule has 0 unspecified atom stereocenters. The van der Waals surface area contributed by atoms with E-state index in [-0.39, 0.29) is 49.9 Å². The van der Waals surface area contributed by atoms with Gasteiger partial charge in [-0.2, -0.15) is 22.0 Å². The molecule has 3 rings (SSSR count). The van der Waals surface area contributed by atoms with Gasteiger partial charge in [0.05, 0.1) is 24.7 Å². The van der Waals surface area contributed by atoms with Crippen LogP contribution in [0.5, 0.6) is 5.75 Å². The average Bonchev–Trinajstić information content (AvgIpc) is 2.95. The number of benzene rings is 2. The maximum atomic E-state index is 13.1. The number of carbonyl (C=O) groups is 3. The van der Waals surface area contributed by atoms with Crippen LogP contribution in [-0.2, 0) is 19.1 Å². The van der Waals surface area contributed by atoms with E-state index in [4.69, 9.17) is 25.7 Å². The smallest absolute Gasteiger partial charge is 0.453 e. The van der Waals surface area contributed by atoms with Gasteiger partial charge in [0.25, 0.3) is 0 Å². The van der Waals surface area contributed by atoms with E-state index in [0.29, 0.717) is 48.4 Å². The van der Waals surface area contributed by atoms with Crippen LogP contribution in [0.3, 0.4) is 0 Å². The highest BCUT2D eigenvalue weighted by atomic mass is 19.4. The summed E-state index contributed by atoms with van der Waals surface area (Å²) in [4.78, 5) is 36.6. The summed E-state index contributed by atoms with van der Waals surface area (Å²) < 4.78 is 78.7. The fourth-order valence-electron chi connectivity index (χ4n) is 4.77. The van der Waals surface area contributed by atoms with Crippen molar-refractivity contribution in [2.24, 2.45) is 11.8 Å². The van der Waals surface area contributed by atoms with Gasteiger partial charge in [-0.05, 0) is 80.0 Å². The summed E-state index contributed by atoms with van der Waals surface area (Å²) in [7, 11) is 0. The molecule has 0 heterocycles. The number of hydrogen-bond acceptors (Lipinski definition) is 8. The maximum Gasteiger partial charge on any atom is 0.453 e. The third-order valence-electron chi connectivity index (χ3n) is 7.19. The lowest BCUT2D eigenvalue weighted by Crippen LogP contribution is -2.36. The van der Waals surface area contributed by atoms with Crippen LogP contribution >= 0.6 is 0 Å². The zero-order valence-electron chi connectivity index (χ0n) is 23.9. The fourth-order valence-corrected chi connectivity index (χ4v) is 4.77. The molecular formula is C31H35F5N2O6. The predicted molar refractivity (Wildman–Crippen MR) is 153 cm³/mol. The molecule has 2 aromatic rings. The Kier molecular flexibility index (Phi) is 12.1. The van der Waals surface area contributed by atoms with E-state index in [9.17, 15) is 36.3 Å². The first-order valence-electron chi connectivity index (χ1n) is 14.2. The number of esters is 3. The number of nitrogens with two attached hydrogens (primary N) is 2. The Morgan fingerprint density at radius 1 is 0.841 bits per heavy atom. The van der Waals surface area contributed by atoms with Crippen molar-refractivity contribution in [1.29, 1.82) is 0 Å². The van der Waals surface area contributed by atoms with Crippen LogP contribution in [0, 0.1) is 11.8 Å². The highest BCUT2D eigenvalue weighted by Crippen LogP contribution is 2.40. The molecule has 0 spiro atoms. The van der Waals surface area contributed by atoms with Gasteiger partial charge in [0.1, 0.15) is 5.75 Å². The molecule has 0 saturated heterocycles. The summed E-state index contributed by atoms with van der Waals surface area (Å²) in [6.45, 7) is 0.0549. The van der Waals surface area contributed by atoms with Crippen LogP contribution in [0.2, 0.25) is 0 Å². The van der Waals surface area contributed by atoms with E-state index >= 15 is 0 Å². The molecule has 0 radical (unpaired) electrons. The molecule has 44 heavy (non-hydrogen) atoms. The molecule has 0 amide bonds. The molecule has 1 aliphatic rings. The van der Waals surface area contributed by atoms with Crippen molar-refractivity contribution in [3.8, 4) is 5.75 Å². The van der Waals surface area contributed by atoms with E-state index in [1.165, 1.54) is 30.4 Å². The Morgan fingerprint density at radius 3 is 2.07 bits per heavy atom. The number of hydrogen-bond donors (Lipinski definition) is 2. The minimum absolute atomic E-state index is 0.00128. The van der Waals surface area contributed by atoms with Crippen molar-refractivity contribution in [2.75, 3.05) is 24.7 Å². The van der Waals surface area contributed by atoms with Crippen molar-refractivity contribution in [2.45, 2.75) is 63.5 Å². The Morgan fingerprint density at radius 2 is 1.45 bits per heavy atom. The lowest BCUT2D eigenvalue weighted by molar-refractivity contribution is -0.284. The third kappa shape index (κ3) is 10.8. The van der Waals surface area contributed by atoms with Crippen LogP contribution in [0.1, 0.15) is 67.3 Å². The number of alkyl halides is 5. The minimum atomic E-state index is -5.54. The van der Waals surface area contributed by atoms with Gasteiger partial charge < -0.3 is 25.7 Å². The predicted octanol–water partition coefficient (Wildman–Crippen LogP) is 6.73. The van der Waals surface area contributed by atoms with Gasteiger partial charge in [0.2, 0.25) is 0 Å². The summed E-state index contributed by atoms with van der Waals surface area (Å²) in [5.74, 6) is -6.37. The van der Waals surface area contributed by atoms with Crippen molar-refractivity contribution in [1.82, 2.24) is 0 Å². The van der Waals surface area contributed by atoms with E-state index in [1.807, 2.05) is 0 Å². The molecule has 1 aliphatic carbocycles. The molecule has 4 N–H and O–H groups in total. The molecule has 0 aromatic heterocycles. The normalized spacial score (nSPS) is 17.3. The first kappa shape index (κ1) is 34.3. The third-order valence-corrected chi connectivity index (χ3v) is 7.19. The van der Waals surface area contributed by atoms with Crippen LogP contribution in [0.25, 0.3) is 6.08 Å². The second-order valence-corrected chi connectivity index (χ2v) is 10.7. The van der Waals surface area contributed by atoms with Crippen LogP contribution in [0.15, 0.2) is 48.5 Å². The van der Waals surface area contributed by atoms with Gasteiger partial charge in [0.15, 0.2) is 0 Å². The van der Waals surface area contributed by atoms with Crippen molar-refractivity contribution in [3.05, 3.63) is 59.7 Å². The average molecular weight is 627 g/mol. The molecule has 1 fully saturated rings. The Hall–Kier alpha value is -4.16. The SMILES string of the molecule is Nc1cc(N)cc(C(=O)OCCCOC(=O)/C=C/c2ccc(OC(=O)C3CCC(CCCC(F)(F)C(F)(F)F)CC3)cc2)c1. The molecule has 13 heteroatoms. The quantitative estimate of drug-likeness (QED) is 0.0625. The van der Waals surface area contributed by atoms with Crippen molar-refractivity contribution < 1.29 is 50.5 Å². The molecule has 0 atom stereocenters. The van der Waals surface area contributed by atoms with Gasteiger partial charge in [-0.3, -0.25) is 4.79 Å². The monoisotopic (exact) mass is 626 g/mol. The number of carbonyl (C=O) groups excluding carboxylic acids is 3. The largest absolute Gasteiger partial charge is 0.462 e. The Balaban J connectivity index is 1.31. The summed E-state index contributed by atoms with van der Waals surface area (Å²) in [6, 6.07) is 10.8. The molecular weight excluding hydrogens is 591 g/mol. The number of rotatable bonds is 13. The molecule has 2 aromatic carbocycles. The van der Waals surface area contributed by atoms with Crippen LogP contribution < -0.4 is 16.2 Å². The van der Waals surface area contributed by atoms with Gasteiger partial charge in [-0.25, -0.2) is 9.59 Å². The summed E-state index contributed by atoms with van der Waals surface area (Å²) in [6.07, 6.45) is -1.65. The number of anilines is 2. The fraction of sp³-hybridized carbons (Fsp3) is 0.452. The molecule has 0 aliphatic heterocycles. The molecule has 0 bridgehead atoms. The first-order valence-corrected chi connectivity index (χ1v) is 14.2. The van der Waals surface area contributed by atoms with Gasteiger partial charge in [0, 0.05) is 30.3 Å². The maximum absolute atomic E-state index is 13.1. The standard InChI is InChI=1S/C31H35F5N2O6/c32-30(33,31(34,35)36)14-1-3-20-4-9-22(10-5-20)29(41)44-26-11-6-21(7-12-26)8-13-27(39)42-15-2-16-43-28(40)23-17-24(37)19-25(38)18-23/h6-8,11-13,17-20,22H,1-5,9-10,14-16,37-38H2/b13-8+. The topological polar surface area (TPSA) is 131 Å². The lowest BCUT2D eigenvalue weighted by atomic mass is 9.79. The van der Waals surface area contributed by atoms with E-state index in [0.717, 1.165) is 0 Å². The van der Waals surface area contributed by atoms with E-state index < -0.39 is 36.4 Å². The summed E-state index contributed by atoms with van der Waals surface area (Å²) in [5.41, 5.74) is 12.9. The minimum Gasteiger partial charge on any atom is -0.462 e. The highest BCUT2D eigenvalue weighted by Gasteiger charge is 2.56. The van der Waals surface area contributed by atoms with Crippen LogP contribution in [-0.4, -0.2) is 43.2 Å². The van der Waals surface area contributed by atoms with Crippen molar-refractivity contribution >= 4 is 35.4 Å². The highest BCUT2D eigenvalue weighted by molar-refractivity contribution is 5.91. The van der Waals surface area contributed by atoms with Gasteiger partial charge in [-0.15, -0.1) is 0 Å². The Bertz CT molecular complexity index is 1290. The first-order chi connectivity index (χ1) is 20.7. The summed E-state index contributed by atoms with van der Waals surface area (Å²) in [5, 5.41) is 0. The number of ether oxygens (including phenoxy) is 3. The van der Waals surface area contributed by atoms with Crippen LogP contribution in [0.4, 0.5) is 33.3 Å². The second kappa shape index (κ2) is 15.5. The van der Waals surface area contributed by atoms with E-state index in [1.54, 1.807) is 24.3 Å². The van der Waals surface area contributed by atoms with E-state index in [2.05, 4.69) is 0 Å². The zero-order chi connectivity index (χ0) is 32.3. The van der Waals surface area contributed by atoms with Crippen molar-refractivity contribution in [3.63, 3.8) is 0 Å². The number of halogens is 5. The molecule has 1 saturated carbocycles.